The van der Waals surface area contributed by atoms with E-state index in [1.807, 2.05) is 0 Å². The van der Waals surface area contributed by atoms with E-state index < -0.39 is 35.0 Å². The van der Waals surface area contributed by atoms with Gasteiger partial charge in [-0.2, -0.15) is 26.3 Å². The lowest BCUT2D eigenvalue weighted by Crippen LogP contribution is -2.55. The fourth-order valence-electron chi connectivity index (χ4n) is 3.89. The number of alkyl halides is 6. The average molecular weight is 474 g/mol. The van der Waals surface area contributed by atoms with Crippen LogP contribution in [0.25, 0.3) is 17.6 Å². The molecular weight excluding hydrogens is 454 g/mol. The van der Waals surface area contributed by atoms with E-state index in [9.17, 15) is 31.1 Å². The molecule has 1 aromatic heterocycles. The molecule has 1 aromatic carbocycles. The van der Waals surface area contributed by atoms with Crippen molar-refractivity contribution in [3.8, 4) is 11.4 Å². The first-order valence-corrected chi connectivity index (χ1v) is 10.0. The summed E-state index contributed by atoms with van der Waals surface area (Å²) < 4.78 is 79.3. The van der Waals surface area contributed by atoms with Gasteiger partial charge in [-0.3, -0.25) is 9.69 Å². The van der Waals surface area contributed by atoms with Crippen LogP contribution in [0.3, 0.4) is 0 Å². The molecule has 0 unspecified atom stereocenters. The van der Waals surface area contributed by atoms with Gasteiger partial charge in [-0.05, 0) is 24.6 Å². The summed E-state index contributed by atoms with van der Waals surface area (Å²) in [7, 11) is 0. The summed E-state index contributed by atoms with van der Waals surface area (Å²) in [5, 5.41) is 9.85. The Hall–Kier alpha value is -2.93. The van der Waals surface area contributed by atoms with Gasteiger partial charge in [0.25, 0.3) is 0 Å². The number of benzene rings is 1. The maximum atomic E-state index is 13.0. The number of hydrogen-bond acceptors (Lipinski definition) is 5. The van der Waals surface area contributed by atoms with Crippen molar-refractivity contribution >= 4 is 12.1 Å². The van der Waals surface area contributed by atoms with E-state index in [0.29, 0.717) is 24.2 Å². The highest BCUT2D eigenvalue weighted by atomic mass is 19.4. The zero-order valence-corrected chi connectivity index (χ0v) is 17.2. The van der Waals surface area contributed by atoms with Gasteiger partial charge in [0.1, 0.15) is 6.33 Å². The summed E-state index contributed by atoms with van der Waals surface area (Å²) >= 11 is 0. The van der Waals surface area contributed by atoms with Gasteiger partial charge in [0.2, 0.25) is 5.91 Å². The minimum atomic E-state index is -4.97. The number of rotatable bonds is 5. The Morgan fingerprint density at radius 2 is 1.79 bits per heavy atom. The standard InChI is InChI=1S/C20H20F6N6O/c21-19(22,23)14-5-13(6-15(7-14)20(24,25)26)17-29-12-32(30-17)3-1-16(33)28-11-31-4-2-18(10-31)8-27-9-18/h1,3,5-7,12,27H,2,4,8-11H2,(H,28,33)/b3-1-. The number of nitrogens with zero attached hydrogens (tertiary/aromatic N) is 4. The van der Waals surface area contributed by atoms with Crippen molar-refractivity contribution in [2.45, 2.75) is 18.8 Å². The van der Waals surface area contributed by atoms with Crippen LogP contribution in [0.2, 0.25) is 0 Å². The average Bonchev–Trinajstić information content (AvgIpc) is 3.36. The Kier molecular flexibility index (Phi) is 5.95. The summed E-state index contributed by atoms with van der Waals surface area (Å²) in [6.07, 6.45) is -5.42. The first kappa shape index (κ1) is 23.2. The number of carbonyl (C=O) groups excluding carboxylic acids is 1. The lowest BCUT2D eigenvalue weighted by Gasteiger charge is -2.39. The van der Waals surface area contributed by atoms with Crippen LogP contribution in [-0.4, -0.2) is 58.4 Å². The molecule has 2 aromatic rings. The van der Waals surface area contributed by atoms with Crippen LogP contribution in [0.15, 0.2) is 30.6 Å². The first-order chi connectivity index (χ1) is 15.4. The molecule has 1 spiro atoms. The number of aromatic nitrogens is 3. The molecule has 2 aliphatic heterocycles. The summed E-state index contributed by atoms with van der Waals surface area (Å²) in [4.78, 5) is 18.0. The van der Waals surface area contributed by atoms with Gasteiger partial charge in [-0.1, -0.05) is 0 Å². The van der Waals surface area contributed by atoms with Crippen molar-refractivity contribution in [3.05, 3.63) is 41.7 Å². The van der Waals surface area contributed by atoms with E-state index in [1.165, 1.54) is 6.20 Å². The van der Waals surface area contributed by atoms with E-state index >= 15 is 0 Å². The predicted octanol–water partition coefficient (Wildman–Crippen LogP) is 2.82. The normalized spacial score (nSPS) is 18.7. The number of likely N-dealkylation sites (tertiary alicyclic amines) is 1. The van der Waals surface area contributed by atoms with Gasteiger partial charge in [0, 0.05) is 49.4 Å². The molecule has 2 aliphatic rings. The highest BCUT2D eigenvalue weighted by molar-refractivity contribution is 5.89. The summed E-state index contributed by atoms with van der Waals surface area (Å²) in [5.74, 6) is -0.758. The molecule has 0 aliphatic carbocycles. The topological polar surface area (TPSA) is 75.1 Å². The van der Waals surface area contributed by atoms with Crippen molar-refractivity contribution in [1.82, 2.24) is 30.3 Å². The second-order valence-electron chi connectivity index (χ2n) is 8.26. The van der Waals surface area contributed by atoms with E-state index in [4.69, 9.17) is 0 Å². The summed E-state index contributed by atoms with van der Waals surface area (Å²) in [5.41, 5.74) is -3.06. The van der Waals surface area contributed by atoms with Crippen molar-refractivity contribution in [1.29, 1.82) is 0 Å². The van der Waals surface area contributed by atoms with Gasteiger partial charge in [0.15, 0.2) is 5.82 Å². The van der Waals surface area contributed by atoms with Crippen molar-refractivity contribution in [2.75, 3.05) is 32.8 Å². The maximum Gasteiger partial charge on any atom is 0.416 e. The van der Waals surface area contributed by atoms with Crippen LogP contribution < -0.4 is 10.6 Å². The minimum absolute atomic E-state index is 0.0361. The van der Waals surface area contributed by atoms with Crippen molar-refractivity contribution in [3.63, 3.8) is 0 Å². The van der Waals surface area contributed by atoms with Gasteiger partial charge in [-0.25, -0.2) is 9.67 Å². The fourth-order valence-corrected chi connectivity index (χ4v) is 3.89. The molecule has 7 nitrogen and oxygen atoms in total. The molecule has 13 heteroatoms. The second kappa shape index (κ2) is 8.45. The number of amides is 1. The second-order valence-corrected chi connectivity index (χ2v) is 8.26. The molecular formula is C20H20F6N6O. The number of nitrogens with one attached hydrogen (secondary N) is 2. The third-order valence-corrected chi connectivity index (χ3v) is 5.73. The van der Waals surface area contributed by atoms with E-state index in [0.717, 1.165) is 49.7 Å². The highest BCUT2D eigenvalue weighted by Gasteiger charge is 2.42. The molecule has 0 bridgehead atoms. The van der Waals surface area contributed by atoms with Gasteiger partial charge < -0.3 is 10.6 Å². The van der Waals surface area contributed by atoms with Crippen LogP contribution >= 0.6 is 0 Å². The largest absolute Gasteiger partial charge is 0.416 e. The number of carbonyl (C=O) groups is 1. The molecule has 0 atom stereocenters. The Bertz CT molecular complexity index is 1020. The van der Waals surface area contributed by atoms with Gasteiger partial charge in [-0.15, -0.1) is 5.10 Å². The zero-order chi connectivity index (χ0) is 23.9. The zero-order valence-electron chi connectivity index (χ0n) is 17.2. The molecule has 3 heterocycles. The SMILES string of the molecule is O=C(/C=C\n1cnc(-c2cc(C(F)(F)F)cc(C(F)(F)F)c2)n1)NCN1CCC2(CNC2)C1. The van der Waals surface area contributed by atoms with Crippen molar-refractivity contribution in [2.24, 2.45) is 5.41 Å². The van der Waals surface area contributed by atoms with Crippen LogP contribution in [0.1, 0.15) is 17.5 Å². The Morgan fingerprint density at radius 1 is 1.12 bits per heavy atom. The predicted molar refractivity (Wildman–Crippen MR) is 105 cm³/mol. The Labute approximate surface area is 184 Å². The monoisotopic (exact) mass is 474 g/mol. The highest BCUT2D eigenvalue weighted by Crippen LogP contribution is 2.38. The van der Waals surface area contributed by atoms with Gasteiger partial charge in [0.05, 0.1) is 17.8 Å². The van der Waals surface area contributed by atoms with Crippen LogP contribution in [0, 0.1) is 5.41 Å². The maximum absolute atomic E-state index is 13.0. The van der Waals surface area contributed by atoms with E-state index in [2.05, 4.69) is 25.6 Å². The number of halogens is 6. The van der Waals surface area contributed by atoms with E-state index in [1.54, 1.807) is 0 Å². The molecule has 4 rings (SSSR count). The molecule has 0 saturated carbocycles. The lowest BCUT2D eigenvalue weighted by molar-refractivity contribution is -0.143. The number of hydrogen-bond donors (Lipinski definition) is 2. The fraction of sp³-hybridized carbons (Fsp3) is 0.450. The molecule has 2 N–H and O–H groups in total. The third-order valence-electron chi connectivity index (χ3n) is 5.73. The molecule has 178 valence electrons. The quantitative estimate of drug-likeness (QED) is 0.515. The summed E-state index contributed by atoms with van der Waals surface area (Å²) in [6.45, 7) is 4.10. The summed E-state index contributed by atoms with van der Waals surface area (Å²) in [6, 6.07) is 1.13. The first-order valence-electron chi connectivity index (χ1n) is 10.0. The lowest BCUT2D eigenvalue weighted by atomic mass is 9.81. The molecule has 0 radical (unpaired) electrons. The van der Waals surface area contributed by atoms with Gasteiger partial charge >= 0.3 is 12.4 Å². The van der Waals surface area contributed by atoms with Crippen LogP contribution in [0.4, 0.5) is 26.3 Å². The smallest absolute Gasteiger partial charge is 0.340 e. The Balaban J connectivity index is 1.41. The van der Waals surface area contributed by atoms with E-state index in [-0.39, 0.29) is 11.9 Å². The molecule has 1 amide bonds. The minimum Gasteiger partial charge on any atom is -0.340 e. The van der Waals surface area contributed by atoms with Crippen LogP contribution in [0.5, 0.6) is 0 Å². The van der Waals surface area contributed by atoms with Crippen molar-refractivity contribution < 1.29 is 31.1 Å². The third kappa shape index (κ3) is 5.36. The molecule has 33 heavy (non-hydrogen) atoms. The Morgan fingerprint density at radius 3 is 2.33 bits per heavy atom. The molecule has 2 saturated heterocycles. The van der Waals surface area contributed by atoms with Crippen LogP contribution in [-0.2, 0) is 17.1 Å². The molecule has 2 fully saturated rings.